The van der Waals surface area contributed by atoms with Crippen LogP contribution in [0.15, 0.2) is 64.1 Å². The summed E-state index contributed by atoms with van der Waals surface area (Å²) in [6, 6.07) is 13.2. The van der Waals surface area contributed by atoms with E-state index in [-0.39, 0.29) is 29.5 Å². The van der Waals surface area contributed by atoms with Crippen molar-refractivity contribution >= 4 is 15.9 Å². The fraction of sp³-hybridized carbons (Fsp3) is 0.261. The first-order chi connectivity index (χ1) is 15.3. The zero-order valence-corrected chi connectivity index (χ0v) is 19.0. The number of carbonyl (C=O) groups excluding carboxylic acids is 1. The molecule has 0 spiro atoms. The lowest BCUT2D eigenvalue weighted by Gasteiger charge is -2.13. The molecular weight excluding hydrogens is 432 g/mol. The summed E-state index contributed by atoms with van der Waals surface area (Å²) in [7, 11) is -2.26. The van der Waals surface area contributed by atoms with Crippen LogP contribution in [-0.4, -0.2) is 28.0 Å². The molecule has 0 aliphatic carbocycles. The van der Waals surface area contributed by atoms with Crippen LogP contribution >= 0.6 is 0 Å². The maximum atomic E-state index is 12.8. The molecule has 3 rings (SSSR count). The molecule has 0 radical (unpaired) electrons. The number of amides is 1. The van der Waals surface area contributed by atoms with Crippen molar-refractivity contribution in [2.75, 3.05) is 13.7 Å². The average molecular weight is 459 g/mol. The average Bonchev–Trinajstić information content (AvgIpc) is 3.31. The molecule has 32 heavy (non-hydrogen) atoms. The highest BCUT2D eigenvalue weighted by Gasteiger charge is 2.18. The van der Waals surface area contributed by atoms with Crippen molar-refractivity contribution in [3.05, 3.63) is 77.2 Å². The standard InChI is InChI=1S/C23H26N2O6S/c1-4-30-21-10-8-17(12-22(21)29-3)14-24-23(26)20-13-19(9-7-16(20)2)32(27,28)25-15-18-6-5-11-31-18/h5-13,25H,4,14-15H2,1-3H3,(H,24,26). The van der Waals surface area contributed by atoms with Crippen molar-refractivity contribution in [2.24, 2.45) is 0 Å². The van der Waals surface area contributed by atoms with Gasteiger partial charge in [0.25, 0.3) is 5.91 Å². The van der Waals surface area contributed by atoms with Gasteiger partial charge in [0.15, 0.2) is 11.5 Å². The number of ether oxygens (including phenoxy) is 2. The van der Waals surface area contributed by atoms with Gasteiger partial charge in [-0.25, -0.2) is 13.1 Å². The van der Waals surface area contributed by atoms with Crippen molar-refractivity contribution in [3.8, 4) is 11.5 Å². The Kier molecular flexibility index (Phi) is 7.55. The lowest BCUT2D eigenvalue weighted by Crippen LogP contribution is -2.26. The Hall–Kier alpha value is -3.30. The molecule has 0 unspecified atom stereocenters. The van der Waals surface area contributed by atoms with Crippen molar-refractivity contribution in [2.45, 2.75) is 31.8 Å². The quantitative estimate of drug-likeness (QED) is 0.482. The summed E-state index contributed by atoms with van der Waals surface area (Å²) in [5.41, 5.74) is 1.76. The highest BCUT2D eigenvalue weighted by atomic mass is 32.2. The fourth-order valence-electron chi connectivity index (χ4n) is 3.05. The van der Waals surface area contributed by atoms with Crippen LogP contribution < -0.4 is 19.5 Å². The second-order valence-corrected chi connectivity index (χ2v) is 8.75. The molecule has 3 aromatic rings. The third-order valence-corrected chi connectivity index (χ3v) is 6.16. The second kappa shape index (κ2) is 10.3. The summed E-state index contributed by atoms with van der Waals surface area (Å²) in [5, 5.41) is 2.83. The van der Waals surface area contributed by atoms with E-state index in [0.717, 1.165) is 5.56 Å². The first-order valence-corrected chi connectivity index (χ1v) is 11.5. The van der Waals surface area contributed by atoms with Gasteiger partial charge >= 0.3 is 0 Å². The van der Waals surface area contributed by atoms with Crippen molar-refractivity contribution in [3.63, 3.8) is 0 Å². The molecule has 0 saturated carbocycles. The van der Waals surface area contributed by atoms with Gasteiger partial charge in [-0.05, 0) is 61.4 Å². The van der Waals surface area contributed by atoms with E-state index in [1.165, 1.54) is 18.4 Å². The van der Waals surface area contributed by atoms with E-state index in [1.807, 2.05) is 13.0 Å². The third kappa shape index (κ3) is 5.68. The number of sulfonamides is 1. The largest absolute Gasteiger partial charge is 0.493 e. The van der Waals surface area contributed by atoms with E-state index in [1.54, 1.807) is 44.4 Å². The van der Waals surface area contributed by atoms with Gasteiger partial charge in [-0.3, -0.25) is 4.79 Å². The zero-order chi connectivity index (χ0) is 23.1. The summed E-state index contributed by atoms with van der Waals surface area (Å²) < 4.78 is 43.7. The van der Waals surface area contributed by atoms with E-state index in [2.05, 4.69) is 10.0 Å². The van der Waals surface area contributed by atoms with E-state index in [4.69, 9.17) is 13.9 Å². The summed E-state index contributed by atoms with van der Waals surface area (Å²) in [6.07, 6.45) is 1.47. The Morgan fingerprint density at radius 3 is 2.56 bits per heavy atom. The first-order valence-electron chi connectivity index (χ1n) is 10.0. The van der Waals surface area contributed by atoms with Gasteiger partial charge in [0.1, 0.15) is 5.76 Å². The molecule has 8 nitrogen and oxygen atoms in total. The first kappa shape index (κ1) is 23.4. The number of rotatable bonds is 10. The summed E-state index contributed by atoms with van der Waals surface area (Å²) >= 11 is 0. The van der Waals surface area contributed by atoms with Crippen LogP contribution in [0.1, 0.15) is 34.2 Å². The van der Waals surface area contributed by atoms with Crippen LogP contribution in [0, 0.1) is 6.92 Å². The molecule has 170 valence electrons. The van der Waals surface area contributed by atoms with Crippen LogP contribution in [0.3, 0.4) is 0 Å². The SMILES string of the molecule is CCOc1ccc(CNC(=O)c2cc(S(=O)(=O)NCc3ccco3)ccc2C)cc1OC. The number of nitrogens with one attached hydrogen (secondary N) is 2. The molecular formula is C23H26N2O6S. The van der Waals surface area contributed by atoms with Crippen LogP contribution in [0.4, 0.5) is 0 Å². The van der Waals surface area contributed by atoms with E-state index < -0.39 is 10.0 Å². The summed E-state index contributed by atoms with van der Waals surface area (Å²) in [4.78, 5) is 12.8. The van der Waals surface area contributed by atoms with Crippen molar-refractivity contribution in [1.82, 2.24) is 10.0 Å². The van der Waals surface area contributed by atoms with E-state index in [0.29, 0.717) is 29.4 Å². The van der Waals surface area contributed by atoms with E-state index >= 15 is 0 Å². The molecule has 1 heterocycles. The van der Waals surface area contributed by atoms with Gasteiger partial charge < -0.3 is 19.2 Å². The minimum absolute atomic E-state index is 0.00235. The van der Waals surface area contributed by atoms with Gasteiger partial charge in [-0.15, -0.1) is 0 Å². The molecule has 0 saturated heterocycles. The minimum atomic E-state index is -3.82. The van der Waals surface area contributed by atoms with E-state index in [9.17, 15) is 13.2 Å². The number of benzene rings is 2. The van der Waals surface area contributed by atoms with Crippen LogP contribution in [0.25, 0.3) is 0 Å². The smallest absolute Gasteiger partial charge is 0.251 e. The van der Waals surface area contributed by atoms with Gasteiger partial charge in [0.05, 0.1) is 31.4 Å². The molecule has 1 aromatic heterocycles. The number of hydrogen-bond acceptors (Lipinski definition) is 6. The molecule has 1 amide bonds. The second-order valence-electron chi connectivity index (χ2n) is 6.98. The summed E-state index contributed by atoms with van der Waals surface area (Å²) in [5.74, 6) is 1.31. The number of methoxy groups -OCH3 is 1. The Bertz CT molecular complexity index is 1170. The topological polar surface area (TPSA) is 107 Å². The van der Waals surface area contributed by atoms with Crippen LogP contribution in [0.5, 0.6) is 11.5 Å². The zero-order valence-electron chi connectivity index (χ0n) is 18.2. The maximum Gasteiger partial charge on any atom is 0.251 e. The number of hydrogen-bond donors (Lipinski definition) is 2. The Labute approximate surface area is 187 Å². The third-order valence-electron chi connectivity index (χ3n) is 4.76. The number of furan rings is 1. The molecule has 0 aliphatic heterocycles. The highest BCUT2D eigenvalue weighted by molar-refractivity contribution is 7.89. The Morgan fingerprint density at radius 2 is 1.88 bits per heavy atom. The number of carbonyl (C=O) groups is 1. The molecule has 2 N–H and O–H groups in total. The predicted molar refractivity (Wildman–Crippen MR) is 119 cm³/mol. The van der Waals surface area contributed by atoms with Crippen LogP contribution in [-0.2, 0) is 23.1 Å². The Balaban J connectivity index is 1.71. The predicted octanol–water partition coefficient (Wildman–Crippen LogP) is 3.40. The molecule has 0 aliphatic rings. The maximum absolute atomic E-state index is 12.8. The van der Waals surface area contributed by atoms with Crippen LogP contribution in [0.2, 0.25) is 0 Å². The van der Waals surface area contributed by atoms with Gasteiger partial charge in [0.2, 0.25) is 10.0 Å². The number of aryl methyl sites for hydroxylation is 1. The van der Waals surface area contributed by atoms with Gasteiger partial charge in [-0.2, -0.15) is 0 Å². The minimum Gasteiger partial charge on any atom is -0.493 e. The lowest BCUT2D eigenvalue weighted by atomic mass is 10.1. The molecule has 2 aromatic carbocycles. The van der Waals surface area contributed by atoms with Gasteiger partial charge in [-0.1, -0.05) is 12.1 Å². The monoisotopic (exact) mass is 458 g/mol. The van der Waals surface area contributed by atoms with Gasteiger partial charge in [0, 0.05) is 12.1 Å². The normalized spacial score (nSPS) is 11.2. The molecule has 9 heteroatoms. The van der Waals surface area contributed by atoms with Crippen molar-refractivity contribution < 1.29 is 27.1 Å². The lowest BCUT2D eigenvalue weighted by molar-refractivity contribution is 0.0950. The Morgan fingerprint density at radius 1 is 1.06 bits per heavy atom. The highest BCUT2D eigenvalue weighted by Crippen LogP contribution is 2.28. The fourth-order valence-corrected chi connectivity index (χ4v) is 4.07. The molecule has 0 atom stereocenters. The van der Waals surface area contributed by atoms with Crippen molar-refractivity contribution in [1.29, 1.82) is 0 Å². The molecule has 0 fully saturated rings. The molecule has 0 bridgehead atoms. The summed E-state index contributed by atoms with van der Waals surface area (Å²) in [6.45, 7) is 4.42.